The zero-order valence-electron chi connectivity index (χ0n) is 12.1. The number of likely N-dealkylation sites (tertiary alicyclic amines) is 1. The van der Waals surface area contributed by atoms with Gasteiger partial charge in [0.15, 0.2) is 0 Å². The number of carbonyl (C=O) groups is 1. The lowest BCUT2D eigenvalue weighted by Crippen LogP contribution is -2.39. The van der Waals surface area contributed by atoms with Gasteiger partial charge in [0, 0.05) is 51.0 Å². The molecule has 106 valence electrons. The third kappa shape index (κ3) is 4.10. The maximum Gasteiger partial charge on any atom is 0.222 e. The molecular weight excluding hydrogens is 238 g/mol. The maximum atomic E-state index is 11.6. The summed E-state index contributed by atoms with van der Waals surface area (Å²) in [6, 6.07) is 2.51. The standard InChI is InChI=1S/C15H25N3O/c1-3-7-17-9-6-14(12-17)10-16-13(2)11-18-8-4-5-15(18)19/h6,9,12-13,16H,3-5,7-8,10-11H2,1-2H3. The Hall–Kier alpha value is -1.29. The van der Waals surface area contributed by atoms with Crippen molar-refractivity contribution in [1.29, 1.82) is 0 Å². The van der Waals surface area contributed by atoms with Gasteiger partial charge >= 0.3 is 0 Å². The predicted molar refractivity (Wildman–Crippen MR) is 76.8 cm³/mol. The average Bonchev–Trinajstić information content (AvgIpc) is 2.98. The van der Waals surface area contributed by atoms with Gasteiger partial charge in [0.25, 0.3) is 0 Å². The molecule has 1 aromatic heterocycles. The number of nitrogens with zero attached hydrogens (tertiary/aromatic N) is 2. The molecule has 1 unspecified atom stereocenters. The third-order valence-corrected chi connectivity index (χ3v) is 3.61. The van der Waals surface area contributed by atoms with E-state index in [2.05, 4.69) is 42.2 Å². The lowest BCUT2D eigenvalue weighted by Gasteiger charge is -2.21. The van der Waals surface area contributed by atoms with E-state index in [1.54, 1.807) is 0 Å². The molecule has 4 nitrogen and oxygen atoms in total. The summed E-state index contributed by atoms with van der Waals surface area (Å²) in [5, 5.41) is 3.49. The van der Waals surface area contributed by atoms with Crippen LogP contribution in [0.25, 0.3) is 0 Å². The fraction of sp³-hybridized carbons (Fsp3) is 0.667. The summed E-state index contributed by atoms with van der Waals surface area (Å²) in [7, 11) is 0. The molecule has 1 aromatic rings. The van der Waals surface area contributed by atoms with E-state index in [1.165, 1.54) is 5.56 Å². The molecule has 19 heavy (non-hydrogen) atoms. The molecule has 0 radical (unpaired) electrons. The van der Waals surface area contributed by atoms with Crippen molar-refractivity contribution in [3.05, 3.63) is 24.0 Å². The molecule has 2 rings (SSSR count). The van der Waals surface area contributed by atoms with Crippen molar-refractivity contribution in [3.63, 3.8) is 0 Å². The van der Waals surface area contributed by atoms with Crippen molar-refractivity contribution in [2.75, 3.05) is 13.1 Å². The molecular formula is C15H25N3O. The van der Waals surface area contributed by atoms with Crippen molar-refractivity contribution in [2.45, 2.75) is 52.2 Å². The Morgan fingerprint density at radius 3 is 3.00 bits per heavy atom. The van der Waals surface area contributed by atoms with E-state index in [0.29, 0.717) is 11.9 Å². The highest BCUT2D eigenvalue weighted by molar-refractivity contribution is 5.78. The molecule has 1 fully saturated rings. The Kier molecular flexibility index (Phi) is 5.02. The first-order valence-corrected chi connectivity index (χ1v) is 7.35. The molecule has 1 amide bonds. The molecule has 0 aromatic carbocycles. The van der Waals surface area contributed by atoms with Gasteiger partial charge in [-0.3, -0.25) is 4.79 Å². The van der Waals surface area contributed by atoms with Crippen LogP contribution in [0.1, 0.15) is 38.7 Å². The van der Waals surface area contributed by atoms with Crippen LogP contribution in [-0.4, -0.2) is 34.5 Å². The lowest BCUT2D eigenvalue weighted by molar-refractivity contribution is -0.127. The zero-order valence-corrected chi connectivity index (χ0v) is 12.1. The topological polar surface area (TPSA) is 37.3 Å². The first kappa shape index (κ1) is 14.1. The smallest absolute Gasteiger partial charge is 0.222 e. The summed E-state index contributed by atoms with van der Waals surface area (Å²) in [6.45, 7) is 8.05. The van der Waals surface area contributed by atoms with Crippen LogP contribution in [0.5, 0.6) is 0 Å². The van der Waals surface area contributed by atoms with Gasteiger partial charge in [-0.1, -0.05) is 6.92 Å². The molecule has 1 aliphatic heterocycles. The van der Waals surface area contributed by atoms with E-state index >= 15 is 0 Å². The third-order valence-electron chi connectivity index (χ3n) is 3.61. The zero-order chi connectivity index (χ0) is 13.7. The van der Waals surface area contributed by atoms with Crippen molar-refractivity contribution in [1.82, 2.24) is 14.8 Å². The fourth-order valence-corrected chi connectivity index (χ4v) is 2.58. The maximum absolute atomic E-state index is 11.6. The summed E-state index contributed by atoms with van der Waals surface area (Å²) in [6.07, 6.45) is 7.24. The van der Waals surface area contributed by atoms with Crippen molar-refractivity contribution >= 4 is 5.91 Å². The number of amides is 1. The van der Waals surface area contributed by atoms with Gasteiger partial charge < -0.3 is 14.8 Å². The van der Waals surface area contributed by atoms with Gasteiger partial charge in [-0.2, -0.15) is 0 Å². The first-order chi connectivity index (χ1) is 9.19. The summed E-state index contributed by atoms with van der Waals surface area (Å²) in [4.78, 5) is 13.5. The first-order valence-electron chi connectivity index (χ1n) is 7.35. The van der Waals surface area contributed by atoms with Crippen LogP contribution in [0.15, 0.2) is 18.5 Å². The van der Waals surface area contributed by atoms with Gasteiger partial charge in [0.05, 0.1) is 0 Å². The molecule has 2 heterocycles. The number of hydrogen-bond donors (Lipinski definition) is 1. The number of rotatable bonds is 7. The van der Waals surface area contributed by atoms with Gasteiger partial charge in [-0.25, -0.2) is 0 Å². The number of aromatic nitrogens is 1. The Bertz CT molecular complexity index is 413. The normalized spacial score (nSPS) is 17.2. The monoisotopic (exact) mass is 263 g/mol. The molecule has 1 aliphatic rings. The second-order valence-electron chi connectivity index (χ2n) is 5.48. The van der Waals surface area contributed by atoms with Gasteiger partial charge in [-0.05, 0) is 31.4 Å². The predicted octanol–water partition coefficient (Wildman–Crippen LogP) is 2.00. The second kappa shape index (κ2) is 6.75. The summed E-state index contributed by atoms with van der Waals surface area (Å²) < 4.78 is 2.23. The highest BCUT2D eigenvalue weighted by Gasteiger charge is 2.21. The second-order valence-corrected chi connectivity index (χ2v) is 5.48. The van der Waals surface area contributed by atoms with E-state index < -0.39 is 0 Å². The van der Waals surface area contributed by atoms with E-state index in [9.17, 15) is 4.79 Å². The van der Waals surface area contributed by atoms with Crippen LogP contribution in [-0.2, 0) is 17.9 Å². The summed E-state index contributed by atoms with van der Waals surface area (Å²) >= 11 is 0. The van der Waals surface area contributed by atoms with Crippen molar-refractivity contribution in [2.24, 2.45) is 0 Å². The van der Waals surface area contributed by atoms with Gasteiger partial charge in [0.2, 0.25) is 5.91 Å². The Morgan fingerprint density at radius 1 is 1.47 bits per heavy atom. The largest absolute Gasteiger partial charge is 0.354 e. The molecule has 0 saturated carbocycles. The Balaban J connectivity index is 1.73. The Morgan fingerprint density at radius 2 is 2.32 bits per heavy atom. The Labute approximate surface area is 115 Å². The minimum Gasteiger partial charge on any atom is -0.354 e. The van der Waals surface area contributed by atoms with Crippen LogP contribution < -0.4 is 5.32 Å². The average molecular weight is 263 g/mol. The number of hydrogen-bond acceptors (Lipinski definition) is 2. The number of carbonyl (C=O) groups excluding carboxylic acids is 1. The van der Waals surface area contributed by atoms with Crippen LogP contribution in [0.3, 0.4) is 0 Å². The molecule has 0 aliphatic carbocycles. The molecule has 0 spiro atoms. The van der Waals surface area contributed by atoms with E-state index in [0.717, 1.165) is 45.4 Å². The molecule has 1 saturated heterocycles. The van der Waals surface area contributed by atoms with Crippen LogP contribution in [0.4, 0.5) is 0 Å². The highest BCUT2D eigenvalue weighted by atomic mass is 16.2. The van der Waals surface area contributed by atoms with Crippen LogP contribution in [0.2, 0.25) is 0 Å². The highest BCUT2D eigenvalue weighted by Crippen LogP contribution is 2.10. The fourth-order valence-electron chi connectivity index (χ4n) is 2.58. The SMILES string of the molecule is CCCn1ccc(CNC(C)CN2CCCC2=O)c1. The molecule has 4 heteroatoms. The van der Waals surface area contributed by atoms with E-state index in [1.807, 2.05) is 4.90 Å². The molecule has 0 bridgehead atoms. The van der Waals surface area contributed by atoms with Gasteiger partial charge in [0.1, 0.15) is 0 Å². The molecule has 1 atom stereocenters. The van der Waals surface area contributed by atoms with Crippen molar-refractivity contribution in [3.8, 4) is 0 Å². The van der Waals surface area contributed by atoms with Crippen molar-refractivity contribution < 1.29 is 4.79 Å². The molecule has 1 N–H and O–H groups in total. The minimum absolute atomic E-state index is 0.308. The minimum atomic E-state index is 0.308. The number of nitrogens with one attached hydrogen (secondary N) is 1. The van der Waals surface area contributed by atoms with Gasteiger partial charge in [-0.15, -0.1) is 0 Å². The van der Waals surface area contributed by atoms with E-state index in [-0.39, 0.29) is 0 Å². The lowest BCUT2D eigenvalue weighted by atomic mass is 10.2. The summed E-state index contributed by atoms with van der Waals surface area (Å²) in [5.74, 6) is 0.308. The number of aryl methyl sites for hydroxylation is 1. The van der Waals surface area contributed by atoms with Crippen LogP contribution >= 0.6 is 0 Å². The summed E-state index contributed by atoms with van der Waals surface area (Å²) in [5.41, 5.74) is 1.31. The van der Waals surface area contributed by atoms with E-state index in [4.69, 9.17) is 0 Å². The quantitative estimate of drug-likeness (QED) is 0.817. The van der Waals surface area contributed by atoms with Crippen LogP contribution in [0, 0.1) is 0 Å².